The van der Waals surface area contributed by atoms with Crippen LogP contribution in [0.4, 0.5) is 14.5 Å². The molecule has 0 unspecified atom stereocenters. The Morgan fingerprint density at radius 2 is 2.11 bits per heavy atom. The summed E-state index contributed by atoms with van der Waals surface area (Å²) < 4.78 is 26.5. The molecule has 0 radical (unpaired) electrons. The fraction of sp³-hybridized carbons (Fsp3) is 0.455. The van der Waals surface area contributed by atoms with E-state index in [-0.39, 0.29) is 24.8 Å². The molecule has 100 valence electrons. The molecule has 0 saturated heterocycles. The minimum absolute atomic E-state index is 0.00463. The highest BCUT2D eigenvalue weighted by Gasteiger charge is 2.18. The number of aliphatic hydroxyl groups is 1. The molecule has 1 rings (SSSR count). The van der Waals surface area contributed by atoms with E-state index < -0.39 is 22.2 Å². The first-order chi connectivity index (χ1) is 8.49. The van der Waals surface area contributed by atoms with Gasteiger partial charge >= 0.3 is 5.69 Å². The van der Waals surface area contributed by atoms with Crippen molar-refractivity contribution in [2.75, 3.05) is 6.61 Å². The molecule has 1 aromatic carbocycles. The molecule has 2 N–H and O–H groups in total. The van der Waals surface area contributed by atoms with Crippen LogP contribution in [0.3, 0.4) is 0 Å². The third-order valence-electron chi connectivity index (χ3n) is 2.61. The third-order valence-corrected chi connectivity index (χ3v) is 2.61. The molecule has 18 heavy (non-hydrogen) atoms. The Bertz CT molecular complexity index is 437. The van der Waals surface area contributed by atoms with Gasteiger partial charge in [-0.25, -0.2) is 4.39 Å². The van der Waals surface area contributed by atoms with Gasteiger partial charge in [0.1, 0.15) is 5.82 Å². The number of nitrogens with one attached hydrogen (secondary N) is 1. The predicted octanol–water partition coefficient (Wildman–Crippen LogP) is 1.73. The molecule has 7 heteroatoms. The van der Waals surface area contributed by atoms with Gasteiger partial charge in [-0.15, -0.1) is 0 Å². The Balaban J connectivity index is 2.88. The highest BCUT2D eigenvalue weighted by atomic mass is 19.1. The molecule has 5 nitrogen and oxygen atoms in total. The second-order valence-corrected chi connectivity index (χ2v) is 3.82. The molecule has 0 aliphatic rings. The van der Waals surface area contributed by atoms with Gasteiger partial charge in [-0.3, -0.25) is 10.1 Å². The standard InChI is InChI=1S/C11H14F2N2O3/c1-2-8(6-16)14-5-7-3-11(15(17)18)10(13)4-9(7)12/h3-4,8,14,16H,2,5-6H2,1H3/t8-/m0/s1. The molecule has 0 aliphatic carbocycles. The van der Waals surface area contributed by atoms with Gasteiger partial charge in [-0.1, -0.05) is 6.92 Å². The zero-order chi connectivity index (χ0) is 13.7. The number of halogens is 2. The summed E-state index contributed by atoms with van der Waals surface area (Å²) in [5, 5.41) is 22.3. The van der Waals surface area contributed by atoms with Gasteiger partial charge in [0.2, 0.25) is 5.82 Å². The Morgan fingerprint density at radius 3 is 2.61 bits per heavy atom. The quantitative estimate of drug-likeness (QED) is 0.603. The van der Waals surface area contributed by atoms with Crippen molar-refractivity contribution < 1.29 is 18.8 Å². The Labute approximate surface area is 103 Å². The maximum atomic E-state index is 13.4. The van der Waals surface area contributed by atoms with Crippen molar-refractivity contribution in [3.05, 3.63) is 39.4 Å². The summed E-state index contributed by atoms with van der Waals surface area (Å²) in [6.45, 7) is 1.70. The van der Waals surface area contributed by atoms with E-state index in [1.807, 2.05) is 6.92 Å². The van der Waals surface area contributed by atoms with Gasteiger partial charge in [-0.05, 0) is 6.42 Å². The van der Waals surface area contributed by atoms with Crippen molar-refractivity contribution in [2.45, 2.75) is 25.9 Å². The zero-order valence-corrected chi connectivity index (χ0v) is 9.82. The van der Waals surface area contributed by atoms with Crippen molar-refractivity contribution in [2.24, 2.45) is 0 Å². The second kappa shape index (κ2) is 6.36. The third kappa shape index (κ3) is 3.44. The van der Waals surface area contributed by atoms with E-state index in [2.05, 4.69) is 5.32 Å². The average Bonchev–Trinajstić information content (AvgIpc) is 2.32. The van der Waals surface area contributed by atoms with Crippen LogP contribution in [-0.4, -0.2) is 22.7 Å². The van der Waals surface area contributed by atoms with Crippen LogP contribution >= 0.6 is 0 Å². The van der Waals surface area contributed by atoms with Gasteiger partial charge in [0.15, 0.2) is 0 Å². The molecule has 0 bridgehead atoms. The highest BCUT2D eigenvalue weighted by molar-refractivity contribution is 5.37. The number of nitro benzene ring substituents is 1. The van der Waals surface area contributed by atoms with Gasteiger partial charge in [0, 0.05) is 30.3 Å². The van der Waals surface area contributed by atoms with Crippen LogP contribution in [0.1, 0.15) is 18.9 Å². The van der Waals surface area contributed by atoms with E-state index in [1.54, 1.807) is 0 Å². The van der Waals surface area contributed by atoms with E-state index in [0.717, 1.165) is 6.07 Å². The maximum absolute atomic E-state index is 13.4. The minimum atomic E-state index is -1.20. The summed E-state index contributed by atoms with van der Waals surface area (Å²) >= 11 is 0. The Kier molecular flexibility index (Phi) is 5.11. The van der Waals surface area contributed by atoms with Crippen LogP contribution in [0.5, 0.6) is 0 Å². The molecular weight excluding hydrogens is 246 g/mol. The number of hydrogen-bond donors (Lipinski definition) is 2. The number of nitrogens with zero attached hydrogens (tertiary/aromatic N) is 1. The molecule has 0 aliphatic heterocycles. The number of nitro groups is 1. The molecule has 0 amide bonds. The van der Waals surface area contributed by atoms with E-state index in [9.17, 15) is 18.9 Å². The molecule has 0 fully saturated rings. The lowest BCUT2D eigenvalue weighted by Crippen LogP contribution is -2.31. The first kappa shape index (κ1) is 14.5. The number of aliphatic hydroxyl groups excluding tert-OH is 1. The number of hydrogen-bond acceptors (Lipinski definition) is 4. The van der Waals surface area contributed by atoms with Gasteiger partial charge in [0.05, 0.1) is 11.5 Å². The summed E-state index contributed by atoms with van der Waals surface area (Å²) in [6, 6.07) is 1.13. The monoisotopic (exact) mass is 260 g/mol. The maximum Gasteiger partial charge on any atom is 0.305 e. The first-order valence-corrected chi connectivity index (χ1v) is 5.46. The van der Waals surface area contributed by atoms with E-state index in [4.69, 9.17) is 5.11 Å². The first-order valence-electron chi connectivity index (χ1n) is 5.46. The number of rotatable bonds is 6. The minimum Gasteiger partial charge on any atom is -0.395 e. The summed E-state index contributed by atoms with van der Waals surface area (Å²) in [5.74, 6) is -2.05. The molecule has 0 spiro atoms. The smallest absolute Gasteiger partial charge is 0.305 e. The molecule has 0 aromatic heterocycles. The topological polar surface area (TPSA) is 75.4 Å². The van der Waals surface area contributed by atoms with E-state index in [1.165, 1.54) is 0 Å². The lowest BCUT2D eigenvalue weighted by Gasteiger charge is -2.14. The fourth-order valence-corrected chi connectivity index (χ4v) is 1.45. The van der Waals surface area contributed by atoms with Crippen molar-refractivity contribution in [1.29, 1.82) is 0 Å². The van der Waals surface area contributed by atoms with Crippen LogP contribution in [0.25, 0.3) is 0 Å². The zero-order valence-electron chi connectivity index (χ0n) is 9.82. The fourth-order valence-electron chi connectivity index (χ4n) is 1.45. The molecule has 1 aromatic rings. The summed E-state index contributed by atoms with van der Waals surface area (Å²) in [5.41, 5.74) is -0.764. The van der Waals surface area contributed by atoms with Crippen molar-refractivity contribution in [1.82, 2.24) is 5.32 Å². The van der Waals surface area contributed by atoms with Gasteiger partial charge < -0.3 is 10.4 Å². The van der Waals surface area contributed by atoms with Crippen molar-refractivity contribution in [3.8, 4) is 0 Å². The lowest BCUT2D eigenvalue weighted by atomic mass is 10.1. The van der Waals surface area contributed by atoms with Crippen LogP contribution in [0.15, 0.2) is 12.1 Å². The van der Waals surface area contributed by atoms with E-state index in [0.29, 0.717) is 12.5 Å². The van der Waals surface area contributed by atoms with Gasteiger partial charge in [0.25, 0.3) is 0 Å². The normalized spacial score (nSPS) is 12.4. The van der Waals surface area contributed by atoms with Crippen LogP contribution < -0.4 is 5.32 Å². The van der Waals surface area contributed by atoms with E-state index >= 15 is 0 Å². The molecule has 1 atom stereocenters. The Morgan fingerprint density at radius 1 is 1.44 bits per heavy atom. The summed E-state index contributed by atoms with van der Waals surface area (Å²) in [4.78, 5) is 9.62. The second-order valence-electron chi connectivity index (χ2n) is 3.82. The van der Waals surface area contributed by atoms with Crippen LogP contribution in [0.2, 0.25) is 0 Å². The van der Waals surface area contributed by atoms with Crippen molar-refractivity contribution in [3.63, 3.8) is 0 Å². The number of benzene rings is 1. The summed E-state index contributed by atoms with van der Waals surface area (Å²) in [6.07, 6.45) is 0.626. The van der Waals surface area contributed by atoms with Crippen LogP contribution in [0, 0.1) is 21.7 Å². The predicted molar refractivity (Wildman–Crippen MR) is 61.0 cm³/mol. The Hall–Kier alpha value is -1.60. The van der Waals surface area contributed by atoms with Crippen molar-refractivity contribution >= 4 is 5.69 Å². The molecule has 0 saturated carbocycles. The lowest BCUT2D eigenvalue weighted by molar-refractivity contribution is -0.387. The van der Waals surface area contributed by atoms with Gasteiger partial charge in [-0.2, -0.15) is 4.39 Å². The SMILES string of the molecule is CC[C@@H](CO)NCc1cc([N+](=O)[O-])c(F)cc1F. The molecular formula is C11H14F2N2O3. The average molecular weight is 260 g/mol. The summed E-state index contributed by atoms with van der Waals surface area (Å²) in [7, 11) is 0. The van der Waals surface area contributed by atoms with Crippen LogP contribution in [-0.2, 0) is 6.54 Å². The highest BCUT2D eigenvalue weighted by Crippen LogP contribution is 2.21. The molecule has 0 heterocycles. The largest absolute Gasteiger partial charge is 0.395 e.